The minimum absolute atomic E-state index is 0.0410. The third-order valence-electron chi connectivity index (χ3n) is 4.21. The molecule has 7 nitrogen and oxygen atoms in total. The van der Waals surface area contributed by atoms with E-state index in [-0.39, 0.29) is 48.1 Å². The molecule has 25 heavy (non-hydrogen) atoms. The van der Waals surface area contributed by atoms with Crippen molar-refractivity contribution in [3.8, 4) is 0 Å². The average Bonchev–Trinajstić information content (AvgIpc) is 2.87. The van der Waals surface area contributed by atoms with Gasteiger partial charge in [0.1, 0.15) is 0 Å². The fraction of sp³-hybridized carbons (Fsp3) is 0.471. The molecule has 136 valence electrons. The van der Waals surface area contributed by atoms with Gasteiger partial charge < -0.3 is 10.2 Å². The number of carbonyl (C=O) groups is 3. The number of hydrogen-bond acceptors (Lipinski definition) is 5. The molecular weight excluding hydrogens is 344 g/mol. The van der Waals surface area contributed by atoms with Crippen LogP contribution in [-0.2, 0) is 19.4 Å². The second-order valence-corrected chi connectivity index (χ2v) is 8.43. The number of nitrogens with one attached hydrogen (secondary N) is 1. The van der Waals surface area contributed by atoms with Gasteiger partial charge in [0.05, 0.1) is 11.5 Å². The zero-order valence-electron chi connectivity index (χ0n) is 14.3. The molecule has 0 aliphatic carbocycles. The first-order chi connectivity index (χ1) is 11.7. The standard InChI is InChI=1S/C17H22N2O5S/c1-12(20)14-3-5-15(6-4-14)18-17(22)7-9-19(13(2)21)16-8-10-25(23,24)11-16/h3-6,16H,7-11H2,1-2H3,(H,18,22). The van der Waals surface area contributed by atoms with Crippen molar-refractivity contribution in [3.63, 3.8) is 0 Å². The summed E-state index contributed by atoms with van der Waals surface area (Å²) in [6.07, 6.45) is 0.487. The van der Waals surface area contributed by atoms with Crippen LogP contribution in [0, 0.1) is 0 Å². The van der Waals surface area contributed by atoms with E-state index in [1.165, 1.54) is 18.7 Å². The highest BCUT2D eigenvalue weighted by molar-refractivity contribution is 7.91. The molecule has 1 saturated heterocycles. The average molecular weight is 366 g/mol. The Hall–Kier alpha value is -2.22. The minimum Gasteiger partial charge on any atom is -0.338 e. The molecule has 1 aliphatic heterocycles. The van der Waals surface area contributed by atoms with Crippen LogP contribution in [0.25, 0.3) is 0 Å². The molecule has 0 radical (unpaired) electrons. The lowest BCUT2D eigenvalue weighted by Gasteiger charge is -2.26. The first kappa shape index (κ1) is 19.1. The van der Waals surface area contributed by atoms with Crippen LogP contribution in [0.15, 0.2) is 24.3 Å². The largest absolute Gasteiger partial charge is 0.338 e. The topological polar surface area (TPSA) is 101 Å². The molecular formula is C17H22N2O5S. The molecule has 1 aliphatic rings. The van der Waals surface area contributed by atoms with Crippen LogP contribution in [0.2, 0.25) is 0 Å². The van der Waals surface area contributed by atoms with Crippen molar-refractivity contribution in [3.05, 3.63) is 29.8 Å². The highest BCUT2D eigenvalue weighted by Gasteiger charge is 2.33. The van der Waals surface area contributed by atoms with Crippen LogP contribution >= 0.6 is 0 Å². The van der Waals surface area contributed by atoms with E-state index in [9.17, 15) is 22.8 Å². The van der Waals surface area contributed by atoms with Crippen LogP contribution < -0.4 is 5.32 Å². The van der Waals surface area contributed by atoms with Crippen molar-refractivity contribution in [2.45, 2.75) is 32.7 Å². The number of rotatable bonds is 6. The first-order valence-corrected chi connectivity index (χ1v) is 9.88. The molecule has 2 amide bonds. The Labute approximate surface area is 147 Å². The monoisotopic (exact) mass is 366 g/mol. The number of Topliss-reactive ketones (excluding diaryl/α,β-unsaturated/α-hetero) is 1. The van der Waals surface area contributed by atoms with E-state index in [0.29, 0.717) is 17.7 Å². The number of ketones is 1. The van der Waals surface area contributed by atoms with E-state index in [0.717, 1.165) is 0 Å². The Morgan fingerprint density at radius 2 is 1.80 bits per heavy atom. The minimum atomic E-state index is -3.09. The Bertz CT molecular complexity index is 771. The number of benzene rings is 1. The van der Waals surface area contributed by atoms with Crippen molar-refractivity contribution >= 4 is 33.1 Å². The normalized spacial score (nSPS) is 18.6. The lowest BCUT2D eigenvalue weighted by molar-refractivity contribution is -0.131. The predicted molar refractivity (Wildman–Crippen MR) is 94.1 cm³/mol. The van der Waals surface area contributed by atoms with Gasteiger partial charge in [-0.2, -0.15) is 0 Å². The maximum atomic E-state index is 12.1. The van der Waals surface area contributed by atoms with Gasteiger partial charge in [0.2, 0.25) is 11.8 Å². The van der Waals surface area contributed by atoms with E-state index in [1.54, 1.807) is 24.3 Å². The number of carbonyl (C=O) groups excluding carboxylic acids is 3. The molecule has 0 spiro atoms. The van der Waals surface area contributed by atoms with Crippen LogP contribution in [0.3, 0.4) is 0 Å². The number of hydrogen-bond donors (Lipinski definition) is 1. The van der Waals surface area contributed by atoms with Crippen LogP contribution in [0.5, 0.6) is 0 Å². The van der Waals surface area contributed by atoms with Gasteiger partial charge >= 0.3 is 0 Å². The maximum Gasteiger partial charge on any atom is 0.226 e. The summed E-state index contributed by atoms with van der Waals surface area (Å²) < 4.78 is 23.2. The Morgan fingerprint density at radius 1 is 1.16 bits per heavy atom. The second kappa shape index (κ2) is 7.77. The lowest BCUT2D eigenvalue weighted by Crippen LogP contribution is -2.41. The molecule has 0 aromatic heterocycles. The fourth-order valence-electron chi connectivity index (χ4n) is 2.85. The third-order valence-corrected chi connectivity index (χ3v) is 5.96. The van der Waals surface area contributed by atoms with Crippen LogP contribution in [-0.4, -0.2) is 55.0 Å². The van der Waals surface area contributed by atoms with E-state index in [2.05, 4.69) is 5.32 Å². The van der Waals surface area contributed by atoms with Crippen LogP contribution in [0.1, 0.15) is 37.0 Å². The van der Waals surface area contributed by atoms with Gasteiger partial charge in [-0.3, -0.25) is 14.4 Å². The van der Waals surface area contributed by atoms with E-state index < -0.39 is 9.84 Å². The Kier molecular flexibility index (Phi) is 5.94. The number of anilines is 1. The second-order valence-electron chi connectivity index (χ2n) is 6.20. The van der Waals surface area contributed by atoms with Crippen molar-refractivity contribution in [2.75, 3.05) is 23.4 Å². The highest BCUT2D eigenvalue weighted by atomic mass is 32.2. The summed E-state index contributed by atoms with van der Waals surface area (Å²) in [4.78, 5) is 36.5. The summed E-state index contributed by atoms with van der Waals surface area (Å²) in [7, 11) is -3.09. The van der Waals surface area contributed by atoms with Gasteiger partial charge in [0.15, 0.2) is 15.6 Å². The third kappa shape index (κ3) is 5.38. The van der Waals surface area contributed by atoms with E-state index in [4.69, 9.17) is 0 Å². The van der Waals surface area contributed by atoms with Crippen molar-refractivity contribution in [1.29, 1.82) is 0 Å². The van der Waals surface area contributed by atoms with Gasteiger partial charge in [0, 0.05) is 37.2 Å². The van der Waals surface area contributed by atoms with Gasteiger partial charge in [-0.25, -0.2) is 8.42 Å². The van der Waals surface area contributed by atoms with Gasteiger partial charge in [-0.1, -0.05) is 0 Å². The molecule has 1 heterocycles. The summed E-state index contributed by atoms with van der Waals surface area (Å²) >= 11 is 0. The van der Waals surface area contributed by atoms with Crippen LogP contribution in [0.4, 0.5) is 5.69 Å². The summed E-state index contributed by atoms with van der Waals surface area (Å²) in [6.45, 7) is 3.02. The number of amides is 2. The molecule has 1 aromatic rings. The molecule has 1 aromatic carbocycles. The lowest BCUT2D eigenvalue weighted by atomic mass is 10.1. The molecule has 1 unspecified atom stereocenters. The van der Waals surface area contributed by atoms with Crippen molar-refractivity contribution < 1.29 is 22.8 Å². The molecule has 1 fully saturated rings. The maximum absolute atomic E-state index is 12.1. The molecule has 0 bridgehead atoms. The molecule has 1 N–H and O–H groups in total. The molecule has 1 atom stereocenters. The zero-order valence-corrected chi connectivity index (χ0v) is 15.1. The van der Waals surface area contributed by atoms with Gasteiger partial charge in [0.25, 0.3) is 0 Å². The van der Waals surface area contributed by atoms with Gasteiger partial charge in [-0.05, 0) is 37.6 Å². The Balaban J connectivity index is 1.90. The molecule has 2 rings (SSSR count). The smallest absolute Gasteiger partial charge is 0.226 e. The first-order valence-electron chi connectivity index (χ1n) is 8.06. The molecule has 8 heteroatoms. The number of nitrogens with zero attached hydrogens (tertiary/aromatic N) is 1. The van der Waals surface area contributed by atoms with Crippen molar-refractivity contribution in [1.82, 2.24) is 4.90 Å². The number of sulfone groups is 1. The highest BCUT2D eigenvalue weighted by Crippen LogP contribution is 2.18. The van der Waals surface area contributed by atoms with E-state index >= 15 is 0 Å². The molecule has 0 saturated carbocycles. The van der Waals surface area contributed by atoms with E-state index in [1.807, 2.05) is 0 Å². The fourth-order valence-corrected chi connectivity index (χ4v) is 4.58. The quantitative estimate of drug-likeness (QED) is 0.764. The summed E-state index contributed by atoms with van der Waals surface area (Å²) in [5, 5.41) is 2.70. The van der Waals surface area contributed by atoms with Crippen molar-refractivity contribution in [2.24, 2.45) is 0 Å². The summed E-state index contributed by atoms with van der Waals surface area (Å²) in [5.41, 5.74) is 1.12. The zero-order chi connectivity index (χ0) is 18.6. The summed E-state index contributed by atoms with van der Waals surface area (Å²) in [6, 6.07) is 6.18. The van der Waals surface area contributed by atoms with Gasteiger partial charge in [-0.15, -0.1) is 0 Å². The summed E-state index contributed by atoms with van der Waals surface area (Å²) in [5.74, 6) is -0.526. The SMILES string of the molecule is CC(=O)c1ccc(NC(=O)CCN(C(C)=O)C2CCS(=O)(=O)C2)cc1. The predicted octanol–water partition coefficient (Wildman–Crippen LogP) is 1.25. The Morgan fingerprint density at radius 3 is 2.28 bits per heavy atom.